The maximum absolute atomic E-state index is 11.7. The molecule has 0 radical (unpaired) electrons. The SMILES string of the molecule is CC1(N)C=CN(C(=O)OC(C)(C)C)C(N)=N1. The lowest BCUT2D eigenvalue weighted by Gasteiger charge is -2.29. The van der Waals surface area contributed by atoms with Crippen LogP contribution in [0.3, 0.4) is 0 Å². The summed E-state index contributed by atoms with van der Waals surface area (Å²) >= 11 is 0. The van der Waals surface area contributed by atoms with Crippen molar-refractivity contribution >= 4 is 12.1 Å². The van der Waals surface area contributed by atoms with Gasteiger partial charge in [0, 0.05) is 6.20 Å². The third-order valence-corrected chi connectivity index (χ3v) is 1.75. The monoisotopic (exact) mass is 226 g/mol. The third-order valence-electron chi connectivity index (χ3n) is 1.75. The smallest absolute Gasteiger partial charge is 0.421 e. The summed E-state index contributed by atoms with van der Waals surface area (Å²) in [6.45, 7) is 7.01. The van der Waals surface area contributed by atoms with Gasteiger partial charge in [0.05, 0.1) is 0 Å². The summed E-state index contributed by atoms with van der Waals surface area (Å²) in [7, 11) is 0. The van der Waals surface area contributed by atoms with E-state index >= 15 is 0 Å². The molecule has 1 amide bonds. The molecule has 0 aromatic carbocycles. The van der Waals surface area contributed by atoms with E-state index in [1.807, 2.05) is 0 Å². The summed E-state index contributed by atoms with van der Waals surface area (Å²) in [6.07, 6.45) is 2.48. The Labute approximate surface area is 94.9 Å². The Morgan fingerprint density at radius 2 is 2.12 bits per heavy atom. The molecule has 1 heterocycles. The molecule has 0 aromatic heterocycles. The molecule has 0 aromatic rings. The van der Waals surface area contributed by atoms with E-state index in [4.69, 9.17) is 16.2 Å². The van der Waals surface area contributed by atoms with Crippen LogP contribution in [0.15, 0.2) is 17.3 Å². The highest BCUT2D eigenvalue weighted by Gasteiger charge is 2.28. The summed E-state index contributed by atoms with van der Waals surface area (Å²) in [5, 5.41) is 0. The normalized spacial score (nSPS) is 25.3. The van der Waals surface area contributed by atoms with Crippen molar-refractivity contribution < 1.29 is 9.53 Å². The molecule has 0 spiro atoms. The van der Waals surface area contributed by atoms with E-state index in [-0.39, 0.29) is 5.96 Å². The average molecular weight is 226 g/mol. The highest BCUT2D eigenvalue weighted by Crippen LogP contribution is 2.15. The van der Waals surface area contributed by atoms with Gasteiger partial charge in [-0.25, -0.2) is 14.7 Å². The minimum Gasteiger partial charge on any atom is -0.443 e. The zero-order chi connectivity index (χ0) is 12.6. The van der Waals surface area contributed by atoms with E-state index in [0.29, 0.717) is 0 Å². The molecule has 16 heavy (non-hydrogen) atoms. The van der Waals surface area contributed by atoms with Crippen LogP contribution in [0.2, 0.25) is 0 Å². The van der Waals surface area contributed by atoms with Gasteiger partial charge < -0.3 is 16.2 Å². The van der Waals surface area contributed by atoms with Gasteiger partial charge in [0.2, 0.25) is 5.96 Å². The molecular weight excluding hydrogens is 208 g/mol. The van der Waals surface area contributed by atoms with E-state index in [1.165, 1.54) is 6.20 Å². The fourth-order valence-electron chi connectivity index (χ4n) is 1.11. The molecule has 0 fully saturated rings. The molecule has 6 heteroatoms. The number of aliphatic imine (C=N–C) groups is 1. The van der Waals surface area contributed by atoms with Crippen LogP contribution in [0, 0.1) is 0 Å². The average Bonchev–Trinajstić information content (AvgIpc) is 1.97. The number of rotatable bonds is 0. The number of carbonyl (C=O) groups is 1. The van der Waals surface area contributed by atoms with E-state index in [2.05, 4.69) is 4.99 Å². The molecule has 1 aliphatic rings. The summed E-state index contributed by atoms with van der Waals surface area (Å²) in [6, 6.07) is 0. The zero-order valence-electron chi connectivity index (χ0n) is 10.0. The number of amides is 1. The molecule has 1 rings (SSSR count). The number of guanidine groups is 1. The fraction of sp³-hybridized carbons (Fsp3) is 0.600. The second-order valence-electron chi connectivity index (χ2n) is 4.86. The van der Waals surface area contributed by atoms with Crippen LogP contribution < -0.4 is 11.5 Å². The minimum absolute atomic E-state index is 0.0294. The molecule has 0 bridgehead atoms. The van der Waals surface area contributed by atoms with Crippen molar-refractivity contribution in [1.82, 2.24) is 4.90 Å². The molecule has 1 atom stereocenters. The number of hydrogen-bond acceptors (Lipinski definition) is 5. The van der Waals surface area contributed by atoms with Crippen molar-refractivity contribution in [2.24, 2.45) is 16.5 Å². The summed E-state index contributed by atoms with van der Waals surface area (Å²) in [5.41, 5.74) is 9.90. The molecule has 0 aliphatic carbocycles. The van der Waals surface area contributed by atoms with Crippen LogP contribution >= 0.6 is 0 Å². The van der Waals surface area contributed by atoms with Gasteiger partial charge in [-0.05, 0) is 33.8 Å². The maximum atomic E-state index is 11.7. The van der Waals surface area contributed by atoms with Crippen molar-refractivity contribution in [1.29, 1.82) is 0 Å². The van der Waals surface area contributed by atoms with Crippen molar-refractivity contribution in [3.05, 3.63) is 12.3 Å². The number of hydrogen-bond donors (Lipinski definition) is 2. The van der Waals surface area contributed by atoms with Crippen molar-refractivity contribution in [3.8, 4) is 0 Å². The van der Waals surface area contributed by atoms with Crippen LogP contribution in [0.4, 0.5) is 4.79 Å². The van der Waals surface area contributed by atoms with Crippen molar-refractivity contribution in [2.45, 2.75) is 39.0 Å². The van der Waals surface area contributed by atoms with Gasteiger partial charge in [0.25, 0.3) is 0 Å². The molecule has 1 aliphatic heterocycles. The third kappa shape index (κ3) is 3.23. The van der Waals surface area contributed by atoms with Crippen molar-refractivity contribution in [2.75, 3.05) is 0 Å². The molecular formula is C10H18N4O2. The van der Waals surface area contributed by atoms with Gasteiger partial charge >= 0.3 is 6.09 Å². The Kier molecular flexibility index (Phi) is 2.96. The van der Waals surface area contributed by atoms with Gasteiger partial charge in [-0.1, -0.05) is 0 Å². The van der Waals surface area contributed by atoms with Gasteiger partial charge in [-0.3, -0.25) is 0 Å². The number of carbonyl (C=O) groups excluding carboxylic acids is 1. The standard InChI is InChI=1S/C10H18N4O2/c1-9(2,3)16-8(15)14-6-5-10(4,12)13-7(14)11/h5-6H,12H2,1-4H3,(H2,11,13). The van der Waals surface area contributed by atoms with Crippen LogP contribution in [0.1, 0.15) is 27.7 Å². The molecule has 90 valence electrons. The zero-order valence-corrected chi connectivity index (χ0v) is 10.0. The second kappa shape index (κ2) is 3.79. The Bertz CT molecular complexity index is 352. The summed E-state index contributed by atoms with van der Waals surface area (Å²) in [4.78, 5) is 16.8. The Hall–Kier alpha value is -1.56. The van der Waals surface area contributed by atoms with Gasteiger partial charge in [0.1, 0.15) is 11.3 Å². The van der Waals surface area contributed by atoms with Crippen molar-refractivity contribution in [3.63, 3.8) is 0 Å². The quantitative estimate of drug-likeness (QED) is 0.637. The summed E-state index contributed by atoms with van der Waals surface area (Å²) in [5.74, 6) is 0.0294. The van der Waals surface area contributed by atoms with Crippen LogP contribution in [0.25, 0.3) is 0 Å². The lowest BCUT2D eigenvalue weighted by Crippen LogP contribution is -2.48. The highest BCUT2D eigenvalue weighted by atomic mass is 16.6. The Morgan fingerprint density at radius 3 is 2.56 bits per heavy atom. The number of nitrogens with two attached hydrogens (primary N) is 2. The molecule has 6 nitrogen and oxygen atoms in total. The number of nitrogens with zero attached hydrogens (tertiary/aromatic N) is 2. The van der Waals surface area contributed by atoms with Crippen LogP contribution in [-0.2, 0) is 4.74 Å². The number of ether oxygens (including phenoxy) is 1. The van der Waals surface area contributed by atoms with Gasteiger partial charge in [-0.2, -0.15) is 0 Å². The first kappa shape index (κ1) is 12.5. The highest BCUT2D eigenvalue weighted by molar-refractivity contribution is 5.95. The van der Waals surface area contributed by atoms with E-state index in [9.17, 15) is 4.79 Å². The lowest BCUT2D eigenvalue weighted by atomic mass is 10.2. The predicted octanol–water partition coefficient (Wildman–Crippen LogP) is 0.740. The first-order chi connectivity index (χ1) is 7.11. The first-order valence-corrected chi connectivity index (χ1v) is 4.96. The maximum Gasteiger partial charge on any atom is 0.421 e. The largest absolute Gasteiger partial charge is 0.443 e. The van der Waals surface area contributed by atoms with Gasteiger partial charge in [-0.15, -0.1) is 0 Å². The predicted molar refractivity (Wildman–Crippen MR) is 61.4 cm³/mol. The molecule has 0 saturated carbocycles. The first-order valence-electron chi connectivity index (χ1n) is 4.96. The molecule has 1 unspecified atom stereocenters. The topological polar surface area (TPSA) is 93.9 Å². The minimum atomic E-state index is -0.872. The lowest BCUT2D eigenvalue weighted by molar-refractivity contribution is 0.0421. The molecule has 4 N–H and O–H groups in total. The Balaban J connectivity index is 2.78. The van der Waals surface area contributed by atoms with Crippen LogP contribution in [-0.4, -0.2) is 28.2 Å². The Morgan fingerprint density at radius 1 is 1.56 bits per heavy atom. The van der Waals surface area contributed by atoms with E-state index < -0.39 is 17.4 Å². The fourth-order valence-corrected chi connectivity index (χ4v) is 1.11. The molecule has 0 saturated heterocycles. The summed E-state index contributed by atoms with van der Waals surface area (Å²) < 4.78 is 5.15. The van der Waals surface area contributed by atoms with E-state index in [0.717, 1.165) is 4.90 Å². The van der Waals surface area contributed by atoms with E-state index in [1.54, 1.807) is 33.8 Å². The second-order valence-corrected chi connectivity index (χ2v) is 4.86. The van der Waals surface area contributed by atoms with Crippen LogP contribution in [0.5, 0.6) is 0 Å². The van der Waals surface area contributed by atoms with Gasteiger partial charge in [0.15, 0.2) is 0 Å².